The van der Waals surface area contributed by atoms with E-state index in [1.54, 1.807) is 6.20 Å². The number of sulfonamides is 1. The summed E-state index contributed by atoms with van der Waals surface area (Å²) in [5.41, 5.74) is 1.84. The number of fused-ring (bicyclic) bond motifs is 1. The Bertz CT molecular complexity index is 1200. The molecule has 1 fully saturated rings. The Morgan fingerprint density at radius 2 is 1.73 bits per heavy atom. The molecular formula is C19H17BrCl3N3O2S2. The third-order valence-corrected chi connectivity index (χ3v) is 10.3. The molecule has 0 amide bonds. The first-order chi connectivity index (χ1) is 14.2. The van der Waals surface area contributed by atoms with Crippen LogP contribution < -0.4 is 10.0 Å². The number of thiophene rings is 1. The Kier molecular flexibility index (Phi) is 6.85. The van der Waals surface area contributed by atoms with E-state index in [2.05, 4.69) is 31.0 Å². The molecular weight excluding hydrogens is 553 g/mol. The molecule has 160 valence electrons. The van der Waals surface area contributed by atoms with Crippen LogP contribution in [0, 0.1) is 0 Å². The maximum atomic E-state index is 12.8. The van der Waals surface area contributed by atoms with Gasteiger partial charge in [0.05, 0.1) is 9.99 Å². The van der Waals surface area contributed by atoms with Gasteiger partial charge in [0.15, 0.2) is 0 Å². The fraction of sp³-hybridized carbons (Fsp3) is 0.316. The predicted molar refractivity (Wildman–Crippen MR) is 129 cm³/mol. The minimum absolute atomic E-state index is 0.0151. The molecule has 1 aromatic carbocycles. The van der Waals surface area contributed by atoms with Gasteiger partial charge in [0, 0.05) is 34.4 Å². The topological polar surface area (TPSA) is 71.1 Å². The van der Waals surface area contributed by atoms with Crippen molar-refractivity contribution in [1.29, 1.82) is 0 Å². The van der Waals surface area contributed by atoms with Gasteiger partial charge in [-0.1, -0.05) is 34.8 Å². The van der Waals surface area contributed by atoms with E-state index in [1.165, 1.54) is 0 Å². The summed E-state index contributed by atoms with van der Waals surface area (Å²) in [4.78, 5) is 4.38. The van der Waals surface area contributed by atoms with Crippen LogP contribution in [-0.4, -0.2) is 25.5 Å². The van der Waals surface area contributed by atoms with Gasteiger partial charge in [0.1, 0.15) is 13.6 Å². The number of hydrogen-bond acceptors (Lipinski definition) is 5. The number of nitrogens with one attached hydrogen (secondary N) is 2. The summed E-state index contributed by atoms with van der Waals surface area (Å²) in [6.45, 7) is 0. The molecule has 0 spiro atoms. The monoisotopic (exact) mass is 567 g/mol. The first kappa shape index (κ1) is 22.6. The zero-order valence-corrected chi connectivity index (χ0v) is 20.9. The zero-order chi connectivity index (χ0) is 21.5. The number of benzene rings is 1. The van der Waals surface area contributed by atoms with Crippen LogP contribution in [0.25, 0.3) is 10.9 Å². The summed E-state index contributed by atoms with van der Waals surface area (Å²) in [6.07, 6.45) is 4.87. The van der Waals surface area contributed by atoms with Crippen LogP contribution >= 0.6 is 62.1 Å². The highest BCUT2D eigenvalue weighted by Gasteiger charge is 2.30. The molecule has 2 heterocycles. The van der Waals surface area contributed by atoms with Crippen molar-refractivity contribution in [3.63, 3.8) is 0 Å². The molecule has 0 aliphatic heterocycles. The molecule has 5 nitrogen and oxygen atoms in total. The average molecular weight is 570 g/mol. The standard InChI is InChI=1S/C19H17BrCl3N3O2S2/c20-16-17(19(23)29-18(16)22)30(27,28)26-12-4-2-11(3-5-12)25-14-7-8-24-15-9-10(21)1-6-13(14)15/h1,6-9,11-12,26H,2-5H2,(H,24,25). The Morgan fingerprint density at radius 3 is 2.40 bits per heavy atom. The molecule has 0 unspecified atom stereocenters. The van der Waals surface area contributed by atoms with Crippen molar-refractivity contribution in [2.24, 2.45) is 0 Å². The van der Waals surface area contributed by atoms with Crippen LogP contribution in [-0.2, 0) is 10.0 Å². The number of aromatic nitrogens is 1. The highest BCUT2D eigenvalue weighted by Crippen LogP contribution is 2.43. The summed E-state index contributed by atoms with van der Waals surface area (Å²) in [5, 5.41) is 5.24. The van der Waals surface area contributed by atoms with Crippen molar-refractivity contribution in [3.8, 4) is 0 Å². The molecule has 2 aromatic heterocycles. The predicted octanol–water partition coefficient (Wildman–Crippen LogP) is 6.72. The summed E-state index contributed by atoms with van der Waals surface area (Å²) >= 11 is 22.4. The minimum Gasteiger partial charge on any atom is -0.382 e. The molecule has 1 aliphatic rings. The lowest BCUT2D eigenvalue weighted by Gasteiger charge is -2.30. The van der Waals surface area contributed by atoms with Crippen LogP contribution in [0.1, 0.15) is 25.7 Å². The Balaban J connectivity index is 1.41. The van der Waals surface area contributed by atoms with Crippen molar-refractivity contribution in [2.75, 3.05) is 5.32 Å². The van der Waals surface area contributed by atoms with E-state index in [0.29, 0.717) is 13.8 Å². The van der Waals surface area contributed by atoms with Crippen molar-refractivity contribution in [3.05, 3.63) is 48.6 Å². The van der Waals surface area contributed by atoms with Crippen LogP contribution in [0.15, 0.2) is 39.8 Å². The fourth-order valence-electron chi connectivity index (χ4n) is 3.67. The quantitative estimate of drug-likeness (QED) is 0.358. The van der Waals surface area contributed by atoms with Crippen molar-refractivity contribution in [2.45, 2.75) is 42.7 Å². The molecule has 0 atom stereocenters. The zero-order valence-electron chi connectivity index (χ0n) is 15.5. The van der Waals surface area contributed by atoms with Crippen LogP contribution in [0.5, 0.6) is 0 Å². The maximum absolute atomic E-state index is 12.8. The SMILES string of the molecule is O=S(=O)(NC1CCC(Nc2ccnc3cc(Cl)ccc23)CC1)c1c(Cl)sc(Cl)c1Br. The van der Waals surface area contributed by atoms with E-state index in [9.17, 15) is 8.42 Å². The lowest BCUT2D eigenvalue weighted by atomic mass is 9.91. The van der Waals surface area contributed by atoms with E-state index in [1.807, 2.05) is 24.3 Å². The number of nitrogens with zero attached hydrogens (tertiary/aromatic N) is 1. The number of hydrogen-bond donors (Lipinski definition) is 2. The molecule has 11 heteroatoms. The lowest BCUT2D eigenvalue weighted by molar-refractivity contribution is 0.387. The van der Waals surface area contributed by atoms with E-state index < -0.39 is 10.0 Å². The van der Waals surface area contributed by atoms with Crippen LogP contribution in [0.3, 0.4) is 0 Å². The summed E-state index contributed by atoms with van der Waals surface area (Å²) in [6, 6.07) is 7.70. The maximum Gasteiger partial charge on any atom is 0.244 e. The van der Waals surface area contributed by atoms with Gasteiger partial charge in [0.25, 0.3) is 0 Å². The van der Waals surface area contributed by atoms with Gasteiger partial charge in [-0.25, -0.2) is 13.1 Å². The minimum atomic E-state index is -3.75. The van der Waals surface area contributed by atoms with Crippen molar-refractivity contribution >= 4 is 88.7 Å². The number of pyridine rings is 1. The smallest absolute Gasteiger partial charge is 0.244 e. The Labute approximate surface area is 202 Å². The summed E-state index contributed by atoms with van der Waals surface area (Å²) < 4.78 is 29.1. The first-order valence-corrected chi connectivity index (χ1v) is 13.4. The van der Waals surface area contributed by atoms with Gasteiger partial charge < -0.3 is 5.32 Å². The molecule has 2 N–H and O–H groups in total. The second kappa shape index (κ2) is 9.10. The normalized spacial score (nSPS) is 19.9. The van der Waals surface area contributed by atoms with Crippen molar-refractivity contribution < 1.29 is 8.42 Å². The van der Waals surface area contributed by atoms with Gasteiger partial charge in [0.2, 0.25) is 10.0 Å². The van der Waals surface area contributed by atoms with E-state index >= 15 is 0 Å². The van der Waals surface area contributed by atoms with E-state index in [4.69, 9.17) is 34.8 Å². The molecule has 30 heavy (non-hydrogen) atoms. The third-order valence-electron chi connectivity index (χ3n) is 5.11. The van der Waals surface area contributed by atoms with Crippen molar-refractivity contribution in [1.82, 2.24) is 9.71 Å². The van der Waals surface area contributed by atoms with Gasteiger partial charge in [-0.05, 0) is 65.9 Å². The van der Waals surface area contributed by atoms with Gasteiger partial charge in [-0.3, -0.25) is 4.98 Å². The third kappa shape index (κ3) is 4.75. The Morgan fingerprint density at radius 1 is 1.03 bits per heavy atom. The van der Waals surface area contributed by atoms with E-state index in [0.717, 1.165) is 53.6 Å². The molecule has 0 saturated heterocycles. The number of rotatable bonds is 5. The fourth-order valence-corrected chi connectivity index (χ4v) is 8.70. The second-order valence-corrected chi connectivity index (χ2v) is 12.2. The van der Waals surface area contributed by atoms with Gasteiger partial charge in [-0.15, -0.1) is 11.3 Å². The highest BCUT2D eigenvalue weighted by atomic mass is 79.9. The van der Waals surface area contributed by atoms with E-state index in [-0.39, 0.29) is 21.3 Å². The lowest BCUT2D eigenvalue weighted by Crippen LogP contribution is -2.40. The molecule has 0 bridgehead atoms. The van der Waals surface area contributed by atoms with Gasteiger partial charge >= 0.3 is 0 Å². The van der Waals surface area contributed by atoms with Gasteiger partial charge in [-0.2, -0.15) is 0 Å². The number of anilines is 1. The molecule has 4 rings (SSSR count). The molecule has 1 aliphatic carbocycles. The average Bonchev–Trinajstić information content (AvgIpc) is 2.95. The first-order valence-electron chi connectivity index (χ1n) is 9.21. The Hall–Kier alpha value is -0.610. The van der Waals surface area contributed by atoms with Crippen LogP contribution in [0.2, 0.25) is 13.7 Å². The van der Waals surface area contributed by atoms with Crippen LogP contribution in [0.4, 0.5) is 5.69 Å². The number of halogens is 4. The highest BCUT2D eigenvalue weighted by molar-refractivity contribution is 9.10. The summed E-state index contributed by atoms with van der Waals surface area (Å²) in [7, 11) is -3.75. The molecule has 3 aromatic rings. The largest absolute Gasteiger partial charge is 0.382 e. The summed E-state index contributed by atoms with van der Waals surface area (Å²) in [5.74, 6) is 0. The second-order valence-electron chi connectivity index (χ2n) is 7.13. The molecule has 1 saturated carbocycles. The molecule has 0 radical (unpaired) electrons.